The van der Waals surface area contributed by atoms with Crippen LogP contribution in [0.2, 0.25) is 0 Å². The van der Waals surface area contributed by atoms with Crippen LogP contribution < -0.4 is 5.32 Å². The summed E-state index contributed by atoms with van der Waals surface area (Å²) in [6.07, 6.45) is 1.29. The van der Waals surface area contributed by atoms with Gasteiger partial charge in [0.05, 0.1) is 18.7 Å². The third-order valence-electron chi connectivity index (χ3n) is 4.02. The zero-order chi connectivity index (χ0) is 14.0. The SMILES string of the molecule is CCOC1CC(n2nnnc2CNC(C)C)C1(C)C. The molecule has 1 aliphatic carbocycles. The minimum atomic E-state index is 0.0813. The van der Waals surface area contributed by atoms with Crippen LogP contribution in [-0.2, 0) is 11.3 Å². The number of nitrogens with zero attached hydrogens (tertiary/aromatic N) is 4. The number of ether oxygens (including phenoxy) is 1. The summed E-state index contributed by atoms with van der Waals surface area (Å²) in [5.41, 5.74) is 0.0813. The van der Waals surface area contributed by atoms with Crippen LogP contribution in [0.15, 0.2) is 0 Å². The molecule has 0 radical (unpaired) electrons. The van der Waals surface area contributed by atoms with Gasteiger partial charge in [-0.3, -0.25) is 0 Å². The van der Waals surface area contributed by atoms with E-state index >= 15 is 0 Å². The Morgan fingerprint density at radius 2 is 2.21 bits per heavy atom. The molecule has 2 rings (SSSR count). The maximum absolute atomic E-state index is 5.76. The van der Waals surface area contributed by atoms with Gasteiger partial charge < -0.3 is 10.1 Å². The van der Waals surface area contributed by atoms with Gasteiger partial charge in [-0.2, -0.15) is 0 Å². The molecule has 0 amide bonds. The molecule has 0 spiro atoms. The van der Waals surface area contributed by atoms with Crippen LogP contribution >= 0.6 is 0 Å². The van der Waals surface area contributed by atoms with Gasteiger partial charge in [0.25, 0.3) is 0 Å². The van der Waals surface area contributed by atoms with Crippen molar-refractivity contribution in [3.05, 3.63) is 5.82 Å². The second-order valence-corrected chi connectivity index (χ2v) is 6.09. The van der Waals surface area contributed by atoms with Gasteiger partial charge in [-0.25, -0.2) is 4.68 Å². The Labute approximate surface area is 114 Å². The Balaban J connectivity index is 2.05. The highest BCUT2D eigenvalue weighted by atomic mass is 16.5. The van der Waals surface area contributed by atoms with Crippen LogP contribution in [0.1, 0.15) is 52.9 Å². The van der Waals surface area contributed by atoms with E-state index in [0.29, 0.717) is 24.7 Å². The lowest BCUT2D eigenvalue weighted by Crippen LogP contribution is -2.52. The molecule has 0 bridgehead atoms. The van der Waals surface area contributed by atoms with E-state index in [0.717, 1.165) is 18.9 Å². The number of aromatic nitrogens is 4. The molecule has 1 aromatic heterocycles. The highest BCUT2D eigenvalue weighted by molar-refractivity contribution is 5.03. The first-order valence-corrected chi connectivity index (χ1v) is 7.08. The molecule has 6 heteroatoms. The second-order valence-electron chi connectivity index (χ2n) is 6.09. The number of hydrogen-bond donors (Lipinski definition) is 1. The highest BCUT2D eigenvalue weighted by Crippen LogP contribution is 2.51. The molecule has 2 atom stereocenters. The molecule has 19 heavy (non-hydrogen) atoms. The number of tetrazole rings is 1. The van der Waals surface area contributed by atoms with Gasteiger partial charge >= 0.3 is 0 Å². The van der Waals surface area contributed by atoms with Crippen LogP contribution in [0.25, 0.3) is 0 Å². The van der Waals surface area contributed by atoms with E-state index < -0.39 is 0 Å². The van der Waals surface area contributed by atoms with E-state index in [9.17, 15) is 0 Å². The van der Waals surface area contributed by atoms with Crippen LogP contribution in [-0.4, -0.2) is 39.0 Å². The molecular weight excluding hydrogens is 242 g/mol. The molecule has 108 valence electrons. The van der Waals surface area contributed by atoms with Crippen molar-refractivity contribution in [2.24, 2.45) is 5.41 Å². The molecule has 1 heterocycles. The van der Waals surface area contributed by atoms with Gasteiger partial charge in [0.15, 0.2) is 5.82 Å². The molecular formula is C13H25N5O. The number of rotatable bonds is 6. The Morgan fingerprint density at radius 1 is 1.47 bits per heavy atom. The van der Waals surface area contributed by atoms with Crippen molar-refractivity contribution >= 4 is 0 Å². The third kappa shape index (κ3) is 2.79. The predicted octanol–water partition coefficient (Wildman–Crippen LogP) is 1.55. The average molecular weight is 267 g/mol. The molecule has 1 N–H and O–H groups in total. The fourth-order valence-electron chi connectivity index (χ4n) is 2.63. The molecule has 0 saturated heterocycles. The zero-order valence-corrected chi connectivity index (χ0v) is 12.6. The summed E-state index contributed by atoms with van der Waals surface area (Å²) in [5, 5.41) is 15.5. The van der Waals surface area contributed by atoms with Gasteiger partial charge in [-0.1, -0.05) is 27.7 Å². The van der Waals surface area contributed by atoms with Gasteiger partial charge in [-0.15, -0.1) is 5.10 Å². The minimum absolute atomic E-state index is 0.0813. The van der Waals surface area contributed by atoms with E-state index in [-0.39, 0.29) is 5.41 Å². The second kappa shape index (κ2) is 5.54. The van der Waals surface area contributed by atoms with Crippen LogP contribution in [0, 0.1) is 5.41 Å². The van der Waals surface area contributed by atoms with Crippen LogP contribution in [0.3, 0.4) is 0 Å². The summed E-state index contributed by atoms with van der Waals surface area (Å²) in [4.78, 5) is 0. The lowest BCUT2D eigenvalue weighted by atomic mass is 9.64. The standard InChI is InChI=1S/C13H25N5O/c1-6-19-11-7-10(13(11,4)5)18-12(15-16-17-18)8-14-9(2)3/h9-11,14H,6-8H2,1-5H3. The lowest BCUT2D eigenvalue weighted by Gasteiger charge is -2.51. The quantitative estimate of drug-likeness (QED) is 0.847. The van der Waals surface area contributed by atoms with E-state index in [1.54, 1.807) is 0 Å². The minimum Gasteiger partial charge on any atom is -0.378 e. The smallest absolute Gasteiger partial charge is 0.165 e. The van der Waals surface area contributed by atoms with Crippen molar-refractivity contribution in [2.45, 2.75) is 65.8 Å². The first-order valence-electron chi connectivity index (χ1n) is 7.08. The Morgan fingerprint density at radius 3 is 2.79 bits per heavy atom. The van der Waals surface area contributed by atoms with Crippen LogP contribution in [0.5, 0.6) is 0 Å². The molecule has 2 unspecified atom stereocenters. The van der Waals surface area contributed by atoms with Crippen molar-refractivity contribution < 1.29 is 4.74 Å². The van der Waals surface area contributed by atoms with Gasteiger partial charge in [0.1, 0.15) is 0 Å². The molecule has 1 fully saturated rings. The van der Waals surface area contributed by atoms with Crippen molar-refractivity contribution in [3.8, 4) is 0 Å². The van der Waals surface area contributed by atoms with E-state index in [2.05, 4.69) is 48.5 Å². The average Bonchev–Trinajstić information content (AvgIpc) is 2.79. The monoisotopic (exact) mass is 267 g/mol. The largest absolute Gasteiger partial charge is 0.378 e. The van der Waals surface area contributed by atoms with Gasteiger partial charge in [0.2, 0.25) is 0 Å². The topological polar surface area (TPSA) is 64.9 Å². The summed E-state index contributed by atoms with van der Waals surface area (Å²) in [6, 6.07) is 0.749. The first-order chi connectivity index (χ1) is 8.96. The maximum Gasteiger partial charge on any atom is 0.165 e. The molecule has 0 aliphatic heterocycles. The van der Waals surface area contributed by atoms with E-state index in [4.69, 9.17) is 4.74 Å². The zero-order valence-electron chi connectivity index (χ0n) is 12.6. The molecule has 1 saturated carbocycles. The summed E-state index contributed by atoms with van der Waals surface area (Å²) >= 11 is 0. The highest BCUT2D eigenvalue weighted by Gasteiger charge is 2.51. The van der Waals surface area contributed by atoms with Crippen molar-refractivity contribution in [1.29, 1.82) is 0 Å². The summed E-state index contributed by atoms with van der Waals surface area (Å²) in [5.74, 6) is 0.904. The molecule has 6 nitrogen and oxygen atoms in total. The third-order valence-corrected chi connectivity index (χ3v) is 4.02. The lowest BCUT2D eigenvalue weighted by molar-refractivity contribution is -0.132. The predicted molar refractivity (Wildman–Crippen MR) is 72.6 cm³/mol. The van der Waals surface area contributed by atoms with Gasteiger partial charge in [0, 0.05) is 18.1 Å². The van der Waals surface area contributed by atoms with Crippen molar-refractivity contribution in [1.82, 2.24) is 25.5 Å². The fourth-order valence-corrected chi connectivity index (χ4v) is 2.63. The first kappa shape index (κ1) is 14.4. The number of nitrogens with one attached hydrogen (secondary N) is 1. The fraction of sp³-hybridized carbons (Fsp3) is 0.923. The Kier molecular flexibility index (Phi) is 4.20. The molecule has 0 aromatic carbocycles. The normalized spacial score (nSPS) is 25.6. The van der Waals surface area contributed by atoms with Crippen LogP contribution in [0.4, 0.5) is 0 Å². The Bertz CT molecular complexity index is 415. The molecule has 1 aromatic rings. The van der Waals surface area contributed by atoms with Crippen molar-refractivity contribution in [3.63, 3.8) is 0 Å². The van der Waals surface area contributed by atoms with E-state index in [1.165, 1.54) is 0 Å². The Hall–Kier alpha value is -1.01. The van der Waals surface area contributed by atoms with Crippen molar-refractivity contribution in [2.75, 3.05) is 6.61 Å². The van der Waals surface area contributed by atoms with E-state index in [1.807, 2.05) is 11.6 Å². The molecule has 1 aliphatic rings. The summed E-state index contributed by atoms with van der Waals surface area (Å²) in [7, 11) is 0. The van der Waals surface area contributed by atoms with Gasteiger partial charge in [-0.05, 0) is 23.8 Å². The summed E-state index contributed by atoms with van der Waals surface area (Å²) in [6.45, 7) is 12.2. The maximum atomic E-state index is 5.76. The number of hydrogen-bond acceptors (Lipinski definition) is 5. The summed E-state index contributed by atoms with van der Waals surface area (Å²) < 4.78 is 7.73.